The van der Waals surface area contributed by atoms with Gasteiger partial charge in [-0.1, -0.05) is 19.8 Å². The summed E-state index contributed by atoms with van der Waals surface area (Å²) >= 11 is 0. The van der Waals surface area contributed by atoms with Crippen LogP contribution in [0.4, 0.5) is 4.39 Å². The molecule has 2 rings (SSSR count). The molecule has 0 bridgehead atoms. The van der Waals surface area contributed by atoms with Crippen LogP contribution in [0.25, 0.3) is 0 Å². The summed E-state index contributed by atoms with van der Waals surface area (Å²) in [4.78, 5) is 23.9. The lowest BCUT2D eigenvalue weighted by Crippen LogP contribution is -2.42. The summed E-state index contributed by atoms with van der Waals surface area (Å²) in [5, 5.41) is 2.83. The van der Waals surface area contributed by atoms with Gasteiger partial charge >= 0.3 is 5.97 Å². The van der Waals surface area contributed by atoms with Crippen molar-refractivity contribution in [2.45, 2.75) is 43.5 Å². The number of sulfonamides is 1. The van der Waals surface area contributed by atoms with Crippen LogP contribution >= 0.6 is 0 Å². The molecule has 9 heteroatoms. The van der Waals surface area contributed by atoms with Crippen LogP contribution in [-0.2, 0) is 19.6 Å². The smallest absolute Gasteiger partial charge is 0.341 e. The van der Waals surface area contributed by atoms with Crippen molar-refractivity contribution in [3.63, 3.8) is 0 Å². The Morgan fingerprint density at radius 1 is 1.26 bits per heavy atom. The number of hydrogen-bond donors (Lipinski definition) is 1. The number of benzene rings is 1. The quantitative estimate of drug-likeness (QED) is 0.737. The summed E-state index contributed by atoms with van der Waals surface area (Å²) in [6, 6.07) is 2.90. The van der Waals surface area contributed by atoms with Crippen molar-refractivity contribution >= 4 is 21.9 Å². The zero-order chi connectivity index (χ0) is 20.2. The van der Waals surface area contributed by atoms with Gasteiger partial charge < -0.3 is 10.1 Å². The topological polar surface area (TPSA) is 92.8 Å². The highest BCUT2D eigenvalue weighted by Gasteiger charge is 2.25. The first kappa shape index (κ1) is 21.3. The van der Waals surface area contributed by atoms with Crippen LogP contribution in [0.5, 0.6) is 0 Å². The van der Waals surface area contributed by atoms with E-state index in [9.17, 15) is 22.4 Å². The average Bonchev–Trinajstić information content (AvgIpc) is 2.61. The van der Waals surface area contributed by atoms with Gasteiger partial charge in [0.05, 0.1) is 10.5 Å². The molecule has 0 spiro atoms. The molecule has 1 aliphatic rings. The van der Waals surface area contributed by atoms with Crippen molar-refractivity contribution < 1.29 is 27.1 Å². The molecule has 1 N–H and O–H groups in total. The van der Waals surface area contributed by atoms with Crippen LogP contribution in [0.15, 0.2) is 23.1 Å². The maximum atomic E-state index is 13.9. The van der Waals surface area contributed by atoms with Gasteiger partial charge in [0, 0.05) is 20.1 Å². The third-order valence-corrected chi connectivity index (χ3v) is 6.54. The molecule has 0 saturated heterocycles. The number of nitrogens with one attached hydrogen (secondary N) is 1. The molecule has 1 fully saturated rings. The molecule has 0 heterocycles. The first-order valence-corrected chi connectivity index (χ1v) is 10.3. The monoisotopic (exact) mass is 400 g/mol. The van der Waals surface area contributed by atoms with Gasteiger partial charge in [0.15, 0.2) is 6.61 Å². The maximum Gasteiger partial charge on any atom is 0.341 e. The maximum absolute atomic E-state index is 13.9. The number of rotatable bonds is 6. The molecule has 1 aromatic carbocycles. The SMILES string of the molecule is C[C@@H]1CCCC[C@@H]1NC(=O)COC(=O)c1cc(S(=O)(=O)N(C)C)ccc1F. The standard InChI is InChI=1S/C18H25FN2O5S/c1-12-6-4-5-7-16(12)20-17(22)11-26-18(23)14-10-13(8-9-15(14)19)27(24,25)21(2)3/h8-10,12,16H,4-7,11H2,1-3H3,(H,20,22)/t12-,16+/m1/s1. The Morgan fingerprint density at radius 2 is 1.93 bits per heavy atom. The summed E-state index contributed by atoms with van der Waals surface area (Å²) in [5.74, 6) is -2.11. The molecule has 1 aliphatic carbocycles. The summed E-state index contributed by atoms with van der Waals surface area (Å²) < 4.78 is 44.0. The Kier molecular flexibility index (Phi) is 6.94. The van der Waals surface area contributed by atoms with E-state index < -0.39 is 39.9 Å². The summed E-state index contributed by atoms with van der Waals surface area (Å²) in [6.45, 7) is 1.51. The minimum atomic E-state index is -3.83. The van der Waals surface area contributed by atoms with Crippen LogP contribution in [-0.4, -0.2) is 51.3 Å². The van der Waals surface area contributed by atoms with E-state index >= 15 is 0 Å². The Hall–Kier alpha value is -2.00. The molecule has 27 heavy (non-hydrogen) atoms. The van der Waals surface area contributed by atoms with Crippen LogP contribution in [0.3, 0.4) is 0 Å². The molecule has 0 aromatic heterocycles. The molecule has 7 nitrogen and oxygen atoms in total. The van der Waals surface area contributed by atoms with Gasteiger partial charge in [-0.05, 0) is 37.0 Å². The second kappa shape index (κ2) is 8.79. The van der Waals surface area contributed by atoms with Gasteiger partial charge in [-0.25, -0.2) is 21.9 Å². The van der Waals surface area contributed by atoms with Gasteiger partial charge in [0.1, 0.15) is 5.82 Å². The molecule has 0 radical (unpaired) electrons. The van der Waals surface area contributed by atoms with Crippen molar-refractivity contribution in [1.82, 2.24) is 9.62 Å². The van der Waals surface area contributed by atoms with E-state index in [0.717, 1.165) is 48.2 Å². The summed E-state index contributed by atoms with van der Waals surface area (Å²) in [5.41, 5.74) is -0.531. The Balaban J connectivity index is 2.02. The first-order valence-electron chi connectivity index (χ1n) is 8.81. The van der Waals surface area contributed by atoms with Gasteiger partial charge in [0.25, 0.3) is 5.91 Å². The zero-order valence-corrected chi connectivity index (χ0v) is 16.5. The van der Waals surface area contributed by atoms with Crippen molar-refractivity contribution in [1.29, 1.82) is 0 Å². The van der Waals surface area contributed by atoms with Gasteiger partial charge in [0.2, 0.25) is 10.0 Å². The number of amides is 1. The Labute approximate surface area is 158 Å². The second-order valence-electron chi connectivity index (χ2n) is 6.94. The highest BCUT2D eigenvalue weighted by atomic mass is 32.2. The number of esters is 1. The van der Waals surface area contributed by atoms with Crippen LogP contribution in [0, 0.1) is 11.7 Å². The number of hydrogen-bond acceptors (Lipinski definition) is 5. The van der Waals surface area contributed by atoms with E-state index in [1.807, 2.05) is 0 Å². The first-order chi connectivity index (χ1) is 12.6. The largest absolute Gasteiger partial charge is 0.452 e. The lowest BCUT2D eigenvalue weighted by atomic mass is 9.86. The fraction of sp³-hybridized carbons (Fsp3) is 0.556. The summed E-state index contributed by atoms with van der Waals surface area (Å²) in [7, 11) is -1.17. The van der Waals surface area contributed by atoms with Gasteiger partial charge in [-0.3, -0.25) is 4.79 Å². The van der Waals surface area contributed by atoms with E-state index in [4.69, 9.17) is 4.74 Å². The third-order valence-electron chi connectivity index (χ3n) is 4.73. The predicted octanol–water partition coefficient (Wildman–Crippen LogP) is 1.93. The highest BCUT2D eigenvalue weighted by molar-refractivity contribution is 7.89. The molecule has 150 valence electrons. The van der Waals surface area contributed by atoms with Crippen LogP contribution in [0.1, 0.15) is 43.0 Å². The van der Waals surface area contributed by atoms with E-state index in [0.29, 0.717) is 5.92 Å². The molecule has 2 atom stereocenters. The lowest BCUT2D eigenvalue weighted by molar-refractivity contribution is -0.125. The molecule has 1 aromatic rings. The molecule has 1 saturated carbocycles. The average molecular weight is 400 g/mol. The Bertz CT molecular complexity index is 810. The number of nitrogens with zero attached hydrogens (tertiary/aromatic N) is 1. The van der Waals surface area contributed by atoms with Crippen molar-refractivity contribution in [2.75, 3.05) is 20.7 Å². The number of carbonyl (C=O) groups is 2. The fourth-order valence-corrected chi connectivity index (χ4v) is 3.95. The number of ether oxygens (including phenoxy) is 1. The lowest BCUT2D eigenvalue weighted by Gasteiger charge is -2.29. The van der Waals surface area contributed by atoms with Crippen molar-refractivity contribution in [3.8, 4) is 0 Å². The number of carbonyl (C=O) groups excluding carboxylic acids is 2. The molecule has 1 amide bonds. The third kappa shape index (κ3) is 5.26. The normalized spacial score (nSPS) is 20.3. The molecule has 0 unspecified atom stereocenters. The molecule has 0 aliphatic heterocycles. The number of halogens is 1. The van der Waals surface area contributed by atoms with Crippen molar-refractivity contribution in [3.05, 3.63) is 29.6 Å². The minimum absolute atomic E-state index is 0.0373. The van der Waals surface area contributed by atoms with Gasteiger partial charge in [-0.15, -0.1) is 0 Å². The second-order valence-corrected chi connectivity index (χ2v) is 9.09. The van der Waals surface area contributed by atoms with E-state index in [1.165, 1.54) is 14.1 Å². The van der Waals surface area contributed by atoms with Crippen molar-refractivity contribution in [2.24, 2.45) is 5.92 Å². The van der Waals surface area contributed by atoms with E-state index in [2.05, 4.69) is 12.2 Å². The highest BCUT2D eigenvalue weighted by Crippen LogP contribution is 2.23. The van der Waals surface area contributed by atoms with Crippen LogP contribution in [0.2, 0.25) is 0 Å². The molecular formula is C18H25FN2O5S. The van der Waals surface area contributed by atoms with Gasteiger partial charge in [-0.2, -0.15) is 0 Å². The summed E-state index contributed by atoms with van der Waals surface area (Å²) in [6.07, 6.45) is 4.07. The van der Waals surface area contributed by atoms with Crippen LogP contribution < -0.4 is 5.32 Å². The predicted molar refractivity (Wildman–Crippen MR) is 97.1 cm³/mol. The molecular weight excluding hydrogens is 375 g/mol. The minimum Gasteiger partial charge on any atom is -0.452 e. The van der Waals surface area contributed by atoms with E-state index in [1.54, 1.807) is 0 Å². The fourth-order valence-electron chi connectivity index (χ4n) is 3.02. The Morgan fingerprint density at radius 3 is 2.56 bits per heavy atom. The van der Waals surface area contributed by atoms with E-state index in [-0.39, 0.29) is 10.9 Å². The zero-order valence-electron chi connectivity index (χ0n) is 15.7.